The molecule has 1 unspecified atom stereocenters. The van der Waals surface area contributed by atoms with Crippen LogP contribution in [-0.4, -0.2) is 70.1 Å². The third-order valence-corrected chi connectivity index (χ3v) is 4.63. The largest absolute Gasteiger partial charge is 0.444 e. The Morgan fingerprint density at radius 3 is 3.00 bits per heavy atom. The summed E-state index contributed by atoms with van der Waals surface area (Å²) in [5, 5.41) is 9.73. The number of H-pyrrole nitrogens is 1. The Labute approximate surface area is 157 Å². The van der Waals surface area contributed by atoms with E-state index in [4.69, 9.17) is 4.74 Å². The molecule has 28 heavy (non-hydrogen) atoms. The molecule has 148 valence electrons. The number of nitrogens with one attached hydrogen (secondary N) is 1. The number of hydrogen-bond donors (Lipinski definition) is 1. The third kappa shape index (κ3) is 3.51. The van der Waals surface area contributed by atoms with E-state index in [2.05, 4.69) is 20.2 Å². The van der Waals surface area contributed by atoms with Crippen molar-refractivity contribution < 1.29 is 22.7 Å². The second kappa shape index (κ2) is 6.80. The molecule has 1 N–H and O–H groups in total. The van der Waals surface area contributed by atoms with Crippen LogP contribution in [0.2, 0.25) is 0 Å². The summed E-state index contributed by atoms with van der Waals surface area (Å²) in [6.45, 7) is -0.435. The first-order chi connectivity index (χ1) is 13.3. The summed E-state index contributed by atoms with van der Waals surface area (Å²) < 4.78 is 42.5. The number of ether oxygens (including phenoxy) is 1. The summed E-state index contributed by atoms with van der Waals surface area (Å²) in [4.78, 5) is 22.9. The van der Waals surface area contributed by atoms with Crippen LogP contribution in [0.15, 0.2) is 24.7 Å². The second-order valence-corrected chi connectivity index (χ2v) is 6.70. The smallest absolute Gasteiger partial charge is 0.410 e. The molecule has 1 atom stereocenters. The van der Waals surface area contributed by atoms with Gasteiger partial charge in [-0.1, -0.05) is 0 Å². The molecule has 0 saturated carbocycles. The van der Waals surface area contributed by atoms with Gasteiger partial charge in [-0.15, -0.1) is 0 Å². The van der Waals surface area contributed by atoms with E-state index in [0.29, 0.717) is 30.1 Å². The highest BCUT2D eigenvalue weighted by molar-refractivity contribution is 6.09. The highest BCUT2D eigenvalue weighted by Crippen LogP contribution is 2.32. The van der Waals surface area contributed by atoms with E-state index in [1.807, 2.05) is 11.0 Å². The Hall–Kier alpha value is -3.11. The predicted octanol–water partition coefficient (Wildman–Crippen LogP) is 2.72. The first-order valence-corrected chi connectivity index (χ1v) is 8.62. The Kier molecular flexibility index (Phi) is 4.44. The van der Waals surface area contributed by atoms with E-state index in [-0.39, 0.29) is 0 Å². The molecular formula is C17H17F3N6O2. The number of nitrogens with zero attached hydrogens (tertiary/aromatic N) is 5. The fourth-order valence-electron chi connectivity index (χ4n) is 3.38. The van der Waals surface area contributed by atoms with E-state index >= 15 is 0 Å². The van der Waals surface area contributed by atoms with Crippen molar-refractivity contribution in [1.82, 2.24) is 25.1 Å². The van der Waals surface area contributed by atoms with Gasteiger partial charge in [0, 0.05) is 48.6 Å². The summed E-state index contributed by atoms with van der Waals surface area (Å²) in [6, 6.07) is 1.86. The van der Waals surface area contributed by atoms with Crippen LogP contribution in [0.25, 0.3) is 21.8 Å². The van der Waals surface area contributed by atoms with Crippen LogP contribution in [0, 0.1) is 0 Å². The molecule has 1 fully saturated rings. The number of amides is 1. The van der Waals surface area contributed by atoms with Crippen LogP contribution in [0.3, 0.4) is 0 Å². The minimum atomic E-state index is -4.47. The lowest BCUT2D eigenvalue weighted by atomic mass is 10.1. The zero-order valence-corrected chi connectivity index (χ0v) is 14.9. The highest BCUT2D eigenvalue weighted by Gasteiger charge is 2.34. The minimum Gasteiger partial charge on any atom is -0.444 e. The maximum atomic E-state index is 12.4. The zero-order valence-electron chi connectivity index (χ0n) is 14.9. The van der Waals surface area contributed by atoms with Crippen LogP contribution < -0.4 is 4.90 Å². The van der Waals surface area contributed by atoms with Gasteiger partial charge >= 0.3 is 12.3 Å². The van der Waals surface area contributed by atoms with Crippen LogP contribution in [0.5, 0.6) is 0 Å². The van der Waals surface area contributed by atoms with Crippen molar-refractivity contribution in [3.05, 3.63) is 24.7 Å². The van der Waals surface area contributed by atoms with Gasteiger partial charge in [-0.05, 0) is 6.07 Å². The molecule has 4 heterocycles. The summed E-state index contributed by atoms with van der Waals surface area (Å²) >= 11 is 0. The lowest BCUT2D eigenvalue weighted by molar-refractivity contribution is -0.140. The molecule has 1 amide bonds. The average Bonchev–Trinajstić information content (AvgIpc) is 3.28. The summed E-state index contributed by atoms with van der Waals surface area (Å²) in [5.74, 6) is 0.736. The molecule has 1 saturated heterocycles. The second-order valence-electron chi connectivity index (χ2n) is 6.70. The monoisotopic (exact) mass is 394 g/mol. The standard InChI is InChI=1S/C17H17F3N6O2/c1-25(9-17(18,19)20)16(27)28-11-3-5-26(8-11)15-13-10(7-23-24-15)6-22-14-12(13)2-4-21-14/h2,4,6-7,11,24H,3,5,8-9H2,1H3. The van der Waals surface area contributed by atoms with Gasteiger partial charge in [-0.2, -0.15) is 18.3 Å². The van der Waals surface area contributed by atoms with Crippen LogP contribution in [-0.2, 0) is 4.74 Å². The van der Waals surface area contributed by atoms with Crippen molar-refractivity contribution in [2.24, 2.45) is 0 Å². The van der Waals surface area contributed by atoms with Gasteiger partial charge in [0.15, 0.2) is 5.65 Å². The number of halogens is 3. The van der Waals surface area contributed by atoms with E-state index in [0.717, 1.165) is 29.0 Å². The Morgan fingerprint density at radius 1 is 1.39 bits per heavy atom. The van der Waals surface area contributed by atoms with Crippen molar-refractivity contribution in [3.8, 4) is 0 Å². The molecule has 0 spiro atoms. The van der Waals surface area contributed by atoms with E-state index in [9.17, 15) is 18.0 Å². The highest BCUT2D eigenvalue weighted by atomic mass is 19.4. The molecule has 11 heteroatoms. The fourth-order valence-corrected chi connectivity index (χ4v) is 3.38. The number of rotatable bonds is 3. The van der Waals surface area contributed by atoms with Gasteiger partial charge in [0.1, 0.15) is 18.5 Å². The van der Waals surface area contributed by atoms with Crippen molar-refractivity contribution in [3.63, 3.8) is 0 Å². The molecule has 0 aliphatic carbocycles. The first-order valence-electron chi connectivity index (χ1n) is 8.62. The molecule has 8 nitrogen and oxygen atoms in total. The Bertz CT molecular complexity index is 1020. The molecule has 1 aliphatic rings. The fraction of sp³-hybridized carbons (Fsp3) is 0.412. The third-order valence-electron chi connectivity index (χ3n) is 4.63. The predicted molar refractivity (Wildman–Crippen MR) is 95.0 cm³/mol. The van der Waals surface area contributed by atoms with Crippen LogP contribution in [0.4, 0.5) is 23.8 Å². The summed E-state index contributed by atoms with van der Waals surface area (Å²) in [5.41, 5.74) is 0.615. The van der Waals surface area contributed by atoms with Gasteiger partial charge < -0.3 is 14.5 Å². The number of aromatic amines is 1. The lowest BCUT2D eigenvalue weighted by Gasteiger charge is -2.22. The first kappa shape index (κ1) is 18.3. The van der Waals surface area contributed by atoms with Gasteiger partial charge in [-0.25, -0.2) is 14.8 Å². The molecular weight excluding hydrogens is 377 g/mol. The van der Waals surface area contributed by atoms with E-state index < -0.39 is 24.9 Å². The van der Waals surface area contributed by atoms with Crippen molar-refractivity contribution in [2.75, 3.05) is 31.6 Å². The normalized spacial score (nSPS) is 17.4. The molecule has 3 aromatic rings. The van der Waals surface area contributed by atoms with Crippen molar-refractivity contribution >= 4 is 33.7 Å². The number of anilines is 1. The summed E-state index contributed by atoms with van der Waals surface area (Å²) in [7, 11) is 1.07. The number of fused-ring (bicyclic) bond motifs is 3. The molecule has 4 rings (SSSR count). The van der Waals surface area contributed by atoms with Gasteiger partial charge in [0.25, 0.3) is 0 Å². The van der Waals surface area contributed by atoms with E-state index in [1.54, 1.807) is 18.6 Å². The summed E-state index contributed by atoms with van der Waals surface area (Å²) in [6.07, 6.45) is -0.438. The van der Waals surface area contributed by atoms with E-state index in [1.165, 1.54) is 0 Å². The molecule has 1 aliphatic heterocycles. The van der Waals surface area contributed by atoms with Crippen molar-refractivity contribution in [1.29, 1.82) is 0 Å². The van der Waals surface area contributed by atoms with Crippen LogP contribution in [0.1, 0.15) is 6.42 Å². The Morgan fingerprint density at radius 2 is 2.21 bits per heavy atom. The zero-order chi connectivity index (χ0) is 19.9. The number of alkyl halides is 3. The topological polar surface area (TPSA) is 87.2 Å². The number of aromatic nitrogens is 4. The number of pyridine rings is 1. The van der Waals surface area contributed by atoms with Crippen LogP contribution >= 0.6 is 0 Å². The SMILES string of the molecule is CN(CC(F)(F)F)C(=O)OC1CCN(c2[nH]ncc3cnc4nccc4c23)C1. The molecule has 0 aromatic carbocycles. The number of carbonyl (C=O) groups excluding carboxylic acids is 1. The maximum Gasteiger partial charge on any atom is 0.410 e. The molecule has 0 radical (unpaired) electrons. The minimum absolute atomic E-state index is 0.348. The molecule has 0 bridgehead atoms. The maximum absolute atomic E-state index is 12.4. The van der Waals surface area contributed by atoms with Gasteiger partial charge in [0.05, 0.1) is 12.7 Å². The number of hydrogen-bond acceptors (Lipinski definition) is 6. The Balaban J connectivity index is 1.52. The average molecular weight is 394 g/mol. The number of carbonyl (C=O) groups is 1. The van der Waals surface area contributed by atoms with Gasteiger partial charge in [-0.3, -0.25) is 5.10 Å². The lowest BCUT2D eigenvalue weighted by Crippen LogP contribution is -2.38. The quantitative estimate of drug-likeness (QED) is 0.735. The van der Waals surface area contributed by atoms with Crippen molar-refractivity contribution in [2.45, 2.75) is 18.7 Å². The molecule has 3 aromatic heterocycles. The van der Waals surface area contributed by atoms with Gasteiger partial charge in [0.2, 0.25) is 0 Å².